The molecule has 1 unspecified atom stereocenters. The van der Waals surface area contributed by atoms with Gasteiger partial charge in [0.1, 0.15) is 6.54 Å². The van der Waals surface area contributed by atoms with Gasteiger partial charge in [-0.05, 0) is 18.9 Å². The Balaban J connectivity index is 2.68. The summed E-state index contributed by atoms with van der Waals surface area (Å²) < 4.78 is 42.2. The second kappa shape index (κ2) is 5.08. The Morgan fingerprint density at radius 1 is 1.47 bits per heavy atom. The molecule has 0 bridgehead atoms. The lowest BCUT2D eigenvalue weighted by Gasteiger charge is -2.26. The second-order valence-corrected chi connectivity index (χ2v) is 4.52. The van der Waals surface area contributed by atoms with Crippen molar-refractivity contribution in [3.63, 3.8) is 0 Å². The maximum absolute atomic E-state index is 12.3. The van der Waals surface area contributed by atoms with Crippen molar-refractivity contribution in [2.45, 2.75) is 33.2 Å². The first kappa shape index (κ1) is 14.0. The van der Waals surface area contributed by atoms with E-state index in [1.807, 2.05) is 13.8 Å². The molecule has 0 saturated heterocycles. The fraction of sp³-hybridized carbons (Fsp3) is 0.727. The van der Waals surface area contributed by atoms with Crippen molar-refractivity contribution in [1.29, 1.82) is 0 Å². The average Bonchev–Trinajstić information content (AvgIpc) is 2.40. The van der Waals surface area contributed by atoms with Crippen molar-refractivity contribution in [3.05, 3.63) is 11.6 Å². The minimum atomic E-state index is -4.41. The highest BCUT2D eigenvalue weighted by atomic mass is 19.4. The van der Waals surface area contributed by atoms with Crippen LogP contribution in [0, 0.1) is 5.92 Å². The number of rotatable bonds is 4. The first-order chi connectivity index (χ1) is 7.70. The number of amides is 1. The monoisotopic (exact) mass is 251 g/mol. The first-order valence-electron chi connectivity index (χ1n) is 5.38. The van der Waals surface area contributed by atoms with Gasteiger partial charge in [-0.2, -0.15) is 13.2 Å². The molecule has 0 N–H and O–H groups in total. The number of alkyl halides is 3. The molecule has 1 atom stereocenters. The van der Waals surface area contributed by atoms with Gasteiger partial charge in [0.15, 0.2) is 6.23 Å². The highest BCUT2D eigenvalue weighted by molar-refractivity contribution is 5.95. The van der Waals surface area contributed by atoms with Crippen LogP contribution in [0.1, 0.15) is 20.8 Å². The first-order valence-corrected chi connectivity index (χ1v) is 5.38. The molecule has 0 fully saturated rings. The zero-order chi connectivity index (χ0) is 13.2. The molecule has 1 amide bonds. The molecule has 1 heterocycles. The summed E-state index contributed by atoms with van der Waals surface area (Å²) >= 11 is 0. The van der Waals surface area contributed by atoms with Crippen LogP contribution < -0.4 is 0 Å². The average molecular weight is 251 g/mol. The molecule has 6 heteroatoms. The minimum Gasteiger partial charge on any atom is -0.354 e. The zero-order valence-electron chi connectivity index (χ0n) is 10.0. The molecule has 3 nitrogen and oxygen atoms in total. The molecule has 0 aromatic carbocycles. The molecule has 0 aliphatic carbocycles. The minimum absolute atomic E-state index is 0.201. The van der Waals surface area contributed by atoms with Gasteiger partial charge in [0, 0.05) is 5.57 Å². The molecule has 1 aliphatic rings. The molecule has 0 saturated carbocycles. The van der Waals surface area contributed by atoms with Gasteiger partial charge in [-0.15, -0.1) is 0 Å². The predicted octanol–water partition coefficient (Wildman–Crippen LogP) is 2.34. The normalized spacial score (nSPS) is 21.4. The molecule has 0 spiro atoms. The van der Waals surface area contributed by atoms with Crippen molar-refractivity contribution in [2.75, 3.05) is 13.2 Å². The smallest absolute Gasteiger partial charge is 0.354 e. The van der Waals surface area contributed by atoms with Crippen LogP contribution in [0.5, 0.6) is 0 Å². The lowest BCUT2D eigenvalue weighted by atomic mass is 10.2. The third-order valence-electron chi connectivity index (χ3n) is 2.25. The molecule has 98 valence electrons. The third kappa shape index (κ3) is 4.03. The van der Waals surface area contributed by atoms with Gasteiger partial charge in [-0.3, -0.25) is 4.79 Å². The number of carbonyl (C=O) groups is 1. The van der Waals surface area contributed by atoms with E-state index in [1.54, 1.807) is 0 Å². The molecule has 0 radical (unpaired) electrons. The number of halogens is 3. The Kier molecular flexibility index (Phi) is 4.19. The van der Waals surface area contributed by atoms with E-state index < -0.39 is 24.9 Å². The second-order valence-electron chi connectivity index (χ2n) is 4.52. The van der Waals surface area contributed by atoms with Gasteiger partial charge in [0.25, 0.3) is 5.91 Å². The summed E-state index contributed by atoms with van der Waals surface area (Å²) in [7, 11) is 0. The van der Waals surface area contributed by atoms with Crippen molar-refractivity contribution >= 4 is 5.91 Å². The highest BCUT2D eigenvalue weighted by Gasteiger charge is 2.39. The Bertz CT molecular complexity index is 323. The Morgan fingerprint density at radius 2 is 2.06 bits per heavy atom. The van der Waals surface area contributed by atoms with E-state index in [4.69, 9.17) is 4.74 Å². The molecule has 0 aromatic heterocycles. The van der Waals surface area contributed by atoms with E-state index in [2.05, 4.69) is 0 Å². The number of hydrogen-bond donors (Lipinski definition) is 0. The lowest BCUT2D eigenvalue weighted by Crippen LogP contribution is -2.43. The summed E-state index contributed by atoms with van der Waals surface area (Å²) in [5.74, 6) is -0.414. The van der Waals surface area contributed by atoms with Gasteiger partial charge >= 0.3 is 6.18 Å². The summed E-state index contributed by atoms with van der Waals surface area (Å²) in [4.78, 5) is 12.2. The Morgan fingerprint density at radius 3 is 2.53 bits per heavy atom. The topological polar surface area (TPSA) is 29.5 Å². The van der Waals surface area contributed by atoms with Crippen molar-refractivity contribution in [1.82, 2.24) is 4.90 Å². The van der Waals surface area contributed by atoms with Crippen LogP contribution >= 0.6 is 0 Å². The highest BCUT2D eigenvalue weighted by Crippen LogP contribution is 2.25. The van der Waals surface area contributed by atoms with E-state index in [0.29, 0.717) is 17.1 Å². The van der Waals surface area contributed by atoms with E-state index >= 15 is 0 Å². The van der Waals surface area contributed by atoms with E-state index in [1.165, 1.54) is 13.0 Å². The van der Waals surface area contributed by atoms with Crippen molar-refractivity contribution in [3.8, 4) is 0 Å². The lowest BCUT2D eigenvalue weighted by molar-refractivity contribution is -0.174. The van der Waals surface area contributed by atoms with Gasteiger partial charge in [0.2, 0.25) is 0 Å². The molecule has 1 rings (SSSR count). The van der Waals surface area contributed by atoms with Gasteiger partial charge < -0.3 is 9.64 Å². The number of hydrogen-bond acceptors (Lipinski definition) is 2. The maximum Gasteiger partial charge on any atom is 0.406 e. The zero-order valence-corrected chi connectivity index (χ0v) is 10.0. The van der Waals surface area contributed by atoms with Crippen LogP contribution in [0.15, 0.2) is 11.6 Å². The van der Waals surface area contributed by atoms with Crippen molar-refractivity contribution in [2.24, 2.45) is 5.92 Å². The fourth-order valence-corrected chi connectivity index (χ4v) is 1.50. The molecule has 1 aliphatic heterocycles. The fourth-order valence-electron chi connectivity index (χ4n) is 1.50. The molecular formula is C11H16F3NO2. The standard InChI is InChI=1S/C11H16F3NO2/c1-7(2)5-17-9-4-8(3)10(16)15(9)6-11(12,13)14/h4,7,9H,5-6H2,1-3H3. The van der Waals surface area contributed by atoms with E-state index in [9.17, 15) is 18.0 Å². The summed E-state index contributed by atoms with van der Waals surface area (Å²) in [5, 5.41) is 0. The summed E-state index contributed by atoms with van der Waals surface area (Å²) in [6.45, 7) is 4.31. The predicted molar refractivity (Wildman–Crippen MR) is 56.1 cm³/mol. The Labute approximate surface area is 98.2 Å². The van der Waals surface area contributed by atoms with Gasteiger partial charge in [-0.1, -0.05) is 13.8 Å². The summed E-state index contributed by atoms with van der Waals surface area (Å²) in [5.41, 5.74) is 0.294. The van der Waals surface area contributed by atoms with Crippen LogP contribution in [0.3, 0.4) is 0 Å². The molecule has 0 aromatic rings. The molecular weight excluding hydrogens is 235 g/mol. The van der Waals surface area contributed by atoms with E-state index in [0.717, 1.165) is 0 Å². The molecule has 17 heavy (non-hydrogen) atoms. The van der Waals surface area contributed by atoms with Crippen LogP contribution in [-0.2, 0) is 9.53 Å². The summed E-state index contributed by atoms with van der Waals surface area (Å²) in [6.07, 6.45) is -3.88. The maximum atomic E-state index is 12.3. The largest absolute Gasteiger partial charge is 0.406 e. The van der Waals surface area contributed by atoms with Gasteiger partial charge in [-0.25, -0.2) is 0 Å². The number of carbonyl (C=O) groups excluding carboxylic acids is 1. The summed E-state index contributed by atoms with van der Waals surface area (Å²) in [6, 6.07) is 0. The number of nitrogens with zero attached hydrogens (tertiary/aromatic N) is 1. The van der Waals surface area contributed by atoms with Crippen LogP contribution in [-0.4, -0.2) is 36.4 Å². The third-order valence-corrected chi connectivity index (χ3v) is 2.25. The van der Waals surface area contributed by atoms with E-state index in [-0.39, 0.29) is 5.92 Å². The van der Waals surface area contributed by atoms with Gasteiger partial charge in [0.05, 0.1) is 6.61 Å². The quantitative estimate of drug-likeness (QED) is 0.767. The van der Waals surface area contributed by atoms with Crippen LogP contribution in [0.2, 0.25) is 0 Å². The van der Waals surface area contributed by atoms with Crippen molar-refractivity contribution < 1.29 is 22.7 Å². The number of ether oxygens (including phenoxy) is 1. The Hall–Kier alpha value is -1.04. The SMILES string of the molecule is CC1=CC(OCC(C)C)N(CC(F)(F)F)C1=O. The van der Waals surface area contributed by atoms with Crippen LogP contribution in [0.4, 0.5) is 13.2 Å². The van der Waals surface area contributed by atoms with Crippen LogP contribution in [0.25, 0.3) is 0 Å².